The average Bonchev–Trinajstić information content (AvgIpc) is 3.72. The van der Waals surface area contributed by atoms with E-state index in [1.54, 1.807) is 0 Å². The van der Waals surface area contributed by atoms with E-state index in [1.165, 1.54) is 11.1 Å². The summed E-state index contributed by atoms with van der Waals surface area (Å²) in [6.07, 6.45) is 4.36. The van der Waals surface area contributed by atoms with E-state index in [4.69, 9.17) is 17.8 Å². The standard InChI is InChI=1S/C21H24BrN3O2.C18H19BrN2O4S/c1-15-13-16(3-2-8-25-9-11-26-12-10-25)20-19(14-15)24-21(27-20)23-18-6-4-17(22)5-7-18;1-12-10-13(4-3-9-24-26(2,22)23)17-16(11-12)21-18(25-17)20-15-7-5-14(19)6-8-15/h4-7,13-14H,2-3,8-12H2,1H3,(H,23,24);5-8,10-11H,3-4,9H2,1-2H3,(H,20,21). The lowest BCUT2D eigenvalue weighted by Gasteiger charge is -2.26. The van der Waals surface area contributed by atoms with Crippen LogP contribution in [0.5, 0.6) is 0 Å². The Hall–Kier alpha value is -3.79. The zero-order valence-electron chi connectivity index (χ0n) is 30.0. The van der Waals surface area contributed by atoms with Crippen molar-refractivity contribution in [1.82, 2.24) is 14.9 Å². The second kappa shape index (κ2) is 18.0. The Bertz CT molecular complexity index is 2240. The van der Waals surface area contributed by atoms with E-state index in [9.17, 15) is 8.42 Å². The summed E-state index contributed by atoms with van der Waals surface area (Å²) in [5.41, 5.74) is 9.60. The van der Waals surface area contributed by atoms with Crippen molar-refractivity contribution in [1.29, 1.82) is 0 Å². The van der Waals surface area contributed by atoms with E-state index in [0.29, 0.717) is 30.5 Å². The third-order valence-electron chi connectivity index (χ3n) is 8.53. The highest BCUT2D eigenvalue weighted by molar-refractivity contribution is 9.10. The molecule has 0 aliphatic carbocycles. The van der Waals surface area contributed by atoms with Crippen molar-refractivity contribution in [3.05, 3.63) is 104 Å². The Morgan fingerprint density at radius 3 is 1.68 bits per heavy atom. The van der Waals surface area contributed by atoms with Gasteiger partial charge in [-0.3, -0.25) is 9.08 Å². The fourth-order valence-corrected chi connectivity index (χ4v) is 7.05. The molecule has 2 aromatic heterocycles. The van der Waals surface area contributed by atoms with Crippen molar-refractivity contribution >= 4 is 87.6 Å². The molecule has 6 aromatic rings. The van der Waals surface area contributed by atoms with Crippen molar-refractivity contribution in [2.24, 2.45) is 0 Å². The van der Waals surface area contributed by atoms with E-state index < -0.39 is 10.1 Å². The Kier molecular flexibility index (Phi) is 13.2. The molecule has 3 heterocycles. The Morgan fingerprint density at radius 1 is 0.736 bits per heavy atom. The highest BCUT2D eigenvalue weighted by Gasteiger charge is 2.15. The van der Waals surface area contributed by atoms with Gasteiger partial charge in [-0.15, -0.1) is 0 Å². The molecule has 14 heteroatoms. The number of hydrogen-bond donors (Lipinski definition) is 2. The molecule has 0 saturated carbocycles. The van der Waals surface area contributed by atoms with Crippen LogP contribution in [-0.4, -0.2) is 69.0 Å². The van der Waals surface area contributed by atoms with Gasteiger partial charge in [-0.1, -0.05) is 44.0 Å². The third-order valence-corrected chi connectivity index (χ3v) is 10.2. The van der Waals surface area contributed by atoms with Crippen LogP contribution >= 0.6 is 31.9 Å². The topological polar surface area (TPSA) is 132 Å². The number of hydrogen-bond acceptors (Lipinski definition) is 11. The molecule has 11 nitrogen and oxygen atoms in total. The van der Waals surface area contributed by atoms with Crippen LogP contribution in [-0.2, 0) is 31.9 Å². The molecule has 1 fully saturated rings. The third kappa shape index (κ3) is 11.6. The van der Waals surface area contributed by atoms with Crippen molar-refractivity contribution in [3.8, 4) is 0 Å². The number of nitrogens with zero attached hydrogens (tertiary/aromatic N) is 3. The lowest BCUT2D eigenvalue weighted by molar-refractivity contribution is 0.0375. The minimum absolute atomic E-state index is 0.145. The molecule has 4 aromatic carbocycles. The number of fused-ring (bicyclic) bond motifs is 2. The van der Waals surface area contributed by atoms with Gasteiger partial charge in [0.1, 0.15) is 11.0 Å². The number of nitrogens with one attached hydrogen (secondary N) is 2. The highest BCUT2D eigenvalue weighted by atomic mass is 79.9. The maximum Gasteiger partial charge on any atom is 0.300 e. The molecule has 0 radical (unpaired) electrons. The lowest BCUT2D eigenvalue weighted by Crippen LogP contribution is -2.36. The molecule has 280 valence electrons. The number of rotatable bonds is 13. The van der Waals surface area contributed by atoms with Crippen LogP contribution in [0.1, 0.15) is 35.1 Å². The first-order valence-corrected chi connectivity index (χ1v) is 20.9. The van der Waals surface area contributed by atoms with E-state index in [0.717, 1.165) is 100 Å². The number of aryl methyl sites for hydroxylation is 4. The predicted molar refractivity (Wildman–Crippen MR) is 217 cm³/mol. The summed E-state index contributed by atoms with van der Waals surface area (Å²) in [7, 11) is -3.41. The summed E-state index contributed by atoms with van der Waals surface area (Å²) in [5.74, 6) is 0. The van der Waals surface area contributed by atoms with Gasteiger partial charge in [0.2, 0.25) is 0 Å². The Labute approximate surface area is 326 Å². The summed E-state index contributed by atoms with van der Waals surface area (Å²) >= 11 is 6.86. The molecule has 0 amide bonds. The molecule has 1 aliphatic heterocycles. The highest BCUT2D eigenvalue weighted by Crippen LogP contribution is 2.29. The van der Waals surface area contributed by atoms with Gasteiger partial charge in [-0.05, 0) is 129 Å². The zero-order valence-corrected chi connectivity index (χ0v) is 33.9. The first-order valence-electron chi connectivity index (χ1n) is 17.5. The normalized spacial score (nSPS) is 13.6. The molecule has 0 unspecified atom stereocenters. The summed E-state index contributed by atoms with van der Waals surface area (Å²) in [6.45, 7) is 9.11. The number of halogens is 2. The van der Waals surface area contributed by atoms with Crippen LogP contribution in [0.4, 0.5) is 23.4 Å². The van der Waals surface area contributed by atoms with Gasteiger partial charge in [0, 0.05) is 33.4 Å². The minimum Gasteiger partial charge on any atom is -0.423 e. The number of anilines is 4. The molecule has 7 rings (SSSR count). The van der Waals surface area contributed by atoms with Gasteiger partial charge in [-0.2, -0.15) is 18.4 Å². The molecule has 0 spiro atoms. The second-order valence-electron chi connectivity index (χ2n) is 13.0. The fraction of sp³-hybridized carbons (Fsp3) is 0.333. The largest absolute Gasteiger partial charge is 0.423 e. The summed E-state index contributed by atoms with van der Waals surface area (Å²) in [4.78, 5) is 11.6. The molecule has 1 aliphatic rings. The van der Waals surface area contributed by atoms with Crippen molar-refractivity contribution < 1.29 is 26.2 Å². The maximum atomic E-state index is 11.0. The van der Waals surface area contributed by atoms with Crippen LogP contribution in [0, 0.1) is 13.8 Å². The first kappa shape index (κ1) is 38.9. The molecular formula is C39H43Br2N5O6S. The number of ether oxygens (including phenoxy) is 1. The van der Waals surface area contributed by atoms with E-state index in [2.05, 4.69) is 76.4 Å². The van der Waals surface area contributed by atoms with Crippen molar-refractivity contribution in [2.75, 3.05) is 56.3 Å². The monoisotopic (exact) mass is 867 g/mol. The molecule has 1 saturated heterocycles. The zero-order chi connectivity index (χ0) is 37.4. The van der Waals surface area contributed by atoms with Crippen molar-refractivity contribution in [3.63, 3.8) is 0 Å². The number of aromatic nitrogens is 2. The molecule has 0 atom stereocenters. The van der Waals surface area contributed by atoms with Gasteiger partial charge in [0.25, 0.3) is 22.1 Å². The van der Waals surface area contributed by atoms with Crippen molar-refractivity contribution in [2.45, 2.75) is 39.5 Å². The van der Waals surface area contributed by atoms with Gasteiger partial charge in [-0.25, -0.2) is 0 Å². The van der Waals surface area contributed by atoms with Crippen LogP contribution in [0.15, 0.2) is 90.6 Å². The number of benzene rings is 4. The number of oxazole rings is 2. The van der Waals surface area contributed by atoms with Crippen LogP contribution in [0.25, 0.3) is 22.2 Å². The van der Waals surface area contributed by atoms with E-state index in [-0.39, 0.29) is 6.61 Å². The van der Waals surface area contributed by atoms with Crippen LogP contribution < -0.4 is 10.6 Å². The van der Waals surface area contributed by atoms with E-state index in [1.807, 2.05) is 67.6 Å². The van der Waals surface area contributed by atoms with Gasteiger partial charge < -0.3 is 24.2 Å². The number of morpholine rings is 1. The Morgan fingerprint density at radius 2 is 1.21 bits per heavy atom. The molecule has 53 heavy (non-hydrogen) atoms. The SMILES string of the molecule is Cc1cc(CCCN2CCOCC2)c2oc(Nc3ccc(Br)cc3)nc2c1.Cc1cc(CCCOS(C)(=O)=O)c2oc(Nc3ccc(Br)cc3)nc2c1. The average molecular weight is 870 g/mol. The lowest BCUT2D eigenvalue weighted by atomic mass is 10.1. The molecule has 0 bridgehead atoms. The van der Waals surface area contributed by atoms with Gasteiger partial charge in [0.15, 0.2) is 11.2 Å². The summed E-state index contributed by atoms with van der Waals surface area (Å²) in [6, 6.07) is 24.9. The first-order chi connectivity index (χ1) is 25.5. The van der Waals surface area contributed by atoms with Crippen LogP contribution in [0.2, 0.25) is 0 Å². The van der Waals surface area contributed by atoms with Gasteiger partial charge in [0.05, 0.1) is 26.1 Å². The molecule has 2 N–H and O–H groups in total. The smallest absolute Gasteiger partial charge is 0.300 e. The fourth-order valence-electron chi connectivity index (χ4n) is 6.10. The minimum atomic E-state index is -3.41. The van der Waals surface area contributed by atoms with Crippen LogP contribution in [0.3, 0.4) is 0 Å². The summed E-state index contributed by atoms with van der Waals surface area (Å²) < 4.78 is 46.3. The van der Waals surface area contributed by atoms with Gasteiger partial charge >= 0.3 is 0 Å². The molecular weight excluding hydrogens is 826 g/mol. The Balaban J connectivity index is 0.000000182. The van der Waals surface area contributed by atoms with E-state index >= 15 is 0 Å². The quantitative estimate of drug-likeness (QED) is 0.0850. The predicted octanol–water partition coefficient (Wildman–Crippen LogP) is 9.46. The maximum absolute atomic E-state index is 11.0. The summed E-state index contributed by atoms with van der Waals surface area (Å²) in [5, 5.41) is 6.41. The second-order valence-corrected chi connectivity index (χ2v) is 16.5.